The Bertz CT molecular complexity index is 800. The van der Waals surface area contributed by atoms with Crippen LogP contribution in [0.4, 0.5) is 11.4 Å². The van der Waals surface area contributed by atoms with Crippen LogP contribution in [0.5, 0.6) is 11.5 Å². The molecule has 2 aromatic rings. The topological polar surface area (TPSA) is 69.7 Å². The first-order valence-electron chi connectivity index (χ1n) is 7.44. The Morgan fingerprint density at radius 2 is 1.50 bits per heavy atom. The molecule has 7 heteroatoms. The van der Waals surface area contributed by atoms with Gasteiger partial charge in [0.15, 0.2) is 11.5 Å². The minimum absolute atomic E-state index is 0. The van der Waals surface area contributed by atoms with E-state index in [1.807, 2.05) is 55.1 Å². The number of benzene rings is 2. The first-order chi connectivity index (χ1) is 10.8. The SMILES string of the molecule is Cc1ccc2c(c1)Oc1cc(C)ccc1N2CCCS(=O)(=O)[O-].[Na+]. The van der Waals surface area contributed by atoms with Crippen molar-refractivity contribution >= 4 is 21.5 Å². The van der Waals surface area contributed by atoms with E-state index in [0.29, 0.717) is 6.54 Å². The summed E-state index contributed by atoms with van der Waals surface area (Å²) < 4.78 is 38.6. The maximum Gasteiger partial charge on any atom is 1.00 e. The Hall–Kier alpha value is -1.05. The van der Waals surface area contributed by atoms with Gasteiger partial charge in [0, 0.05) is 12.3 Å². The number of nitrogens with zero attached hydrogens (tertiary/aromatic N) is 1. The van der Waals surface area contributed by atoms with Crippen LogP contribution in [0.2, 0.25) is 0 Å². The molecule has 1 aliphatic rings. The van der Waals surface area contributed by atoms with Crippen molar-refractivity contribution in [2.24, 2.45) is 0 Å². The van der Waals surface area contributed by atoms with Crippen LogP contribution in [0.15, 0.2) is 36.4 Å². The van der Waals surface area contributed by atoms with Gasteiger partial charge in [-0.2, -0.15) is 0 Å². The second-order valence-corrected chi connectivity index (χ2v) is 7.34. The molecule has 0 unspecified atom stereocenters. The number of hydrogen-bond acceptors (Lipinski definition) is 5. The Morgan fingerprint density at radius 1 is 1.00 bits per heavy atom. The van der Waals surface area contributed by atoms with Crippen LogP contribution in [0.25, 0.3) is 0 Å². The van der Waals surface area contributed by atoms with Crippen molar-refractivity contribution in [3.05, 3.63) is 47.5 Å². The summed E-state index contributed by atoms with van der Waals surface area (Å²) in [6, 6.07) is 11.8. The molecule has 0 N–H and O–H groups in total. The second kappa shape index (κ2) is 7.45. The van der Waals surface area contributed by atoms with Gasteiger partial charge in [0.1, 0.15) is 0 Å². The summed E-state index contributed by atoms with van der Waals surface area (Å²) in [6.07, 6.45) is 0.270. The zero-order valence-corrected chi connectivity index (χ0v) is 16.9. The maximum absolute atomic E-state index is 10.9. The minimum atomic E-state index is -4.20. The van der Waals surface area contributed by atoms with Crippen molar-refractivity contribution in [3.8, 4) is 11.5 Å². The standard InChI is InChI=1S/C17H19NO4S.Na/c1-12-4-6-14-16(10-12)22-17-11-13(2)5-7-15(17)18(14)8-3-9-23(19,20)21;/h4-7,10-11H,3,8-9H2,1-2H3,(H,19,20,21);/q;+1/p-1. The number of fused-ring (bicyclic) bond motifs is 2. The molecule has 0 fully saturated rings. The molecule has 24 heavy (non-hydrogen) atoms. The molecule has 0 radical (unpaired) electrons. The molecular weight excluding hydrogens is 337 g/mol. The van der Waals surface area contributed by atoms with E-state index in [1.165, 1.54) is 0 Å². The minimum Gasteiger partial charge on any atom is -0.748 e. The Morgan fingerprint density at radius 3 is 1.96 bits per heavy atom. The Balaban J connectivity index is 0.00000208. The van der Waals surface area contributed by atoms with E-state index >= 15 is 0 Å². The average Bonchev–Trinajstić information content (AvgIpc) is 2.44. The number of anilines is 2. The van der Waals surface area contributed by atoms with E-state index in [9.17, 15) is 13.0 Å². The third-order valence-corrected chi connectivity index (χ3v) is 4.60. The Kier molecular flexibility index (Phi) is 5.99. The number of ether oxygens (including phenoxy) is 1. The quantitative estimate of drug-likeness (QED) is 0.590. The molecule has 0 saturated heterocycles. The summed E-state index contributed by atoms with van der Waals surface area (Å²) in [4.78, 5) is 2.01. The van der Waals surface area contributed by atoms with Crippen molar-refractivity contribution in [1.82, 2.24) is 0 Å². The third kappa shape index (κ3) is 4.32. The van der Waals surface area contributed by atoms with E-state index in [1.54, 1.807) is 0 Å². The van der Waals surface area contributed by atoms with Gasteiger partial charge in [0.25, 0.3) is 0 Å². The van der Waals surface area contributed by atoms with Gasteiger partial charge >= 0.3 is 29.6 Å². The van der Waals surface area contributed by atoms with E-state index in [2.05, 4.69) is 0 Å². The van der Waals surface area contributed by atoms with Gasteiger partial charge in [-0.15, -0.1) is 0 Å². The summed E-state index contributed by atoms with van der Waals surface area (Å²) in [7, 11) is -4.20. The van der Waals surface area contributed by atoms with E-state index in [4.69, 9.17) is 4.74 Å². The summed E-state index contributed by atoms with van der Waals surface area (Å²) in [5, 5.41) is 0. The monoisotopic (exact) mass is 355 g/mol. The van der Waals surface area contributed by atoms with Crippen molar-refractivity contribution in [1.29, 1.82) is 0 Å². The van der Waals surface area contributed by atoms with Crippen LogP contribution in [-0.2, 0) is 10.1 Å². The van der Waals surface area contributed by atoms with Crippen molar-refractivity contribution in [3.63, 3.8) is 0 Å². The molecule has 0 amide bonds. The molecule has 2 aromatic carbocycles. The normalized spacial score (nSPS) is 12.7. The van der Waals surface area contributed by atoms with Crippen LogP contribution in [-0.4, -0.2) is 25.3 Å². The van der Waals surface area contributed by atoms with Gasteiger partial charge in [-0.1, -0.05) is 12.1 Å². The zero-order valence-electron chi connectivity index (χ0n) is 14.1. The molecule has 0 spiro atoms. The molecule has 0 aliphatic carbocycles. The van der Waals surface area contributed by atoms with Gasteiger partial charge in [-0.3, -0.25) is 0 Å². The molecule has 1 heterocycles. The van der Waals surface area contributed by atoms with Crippen LogP contribution < -0.4 is 39.2 Å². The van der Waals surface area contributed by atoms with Crippen LogP contribution >= 0.6 is 0 Å². The fraction of sp³-hybridized carbons (Fsp3) is 0.294. The molecule has 1 aliphatic heterocycles. The van der Waals surface area contributed by atoms with Crippen LogP contribution in [0.1, 0.15) is 17.5 Å². The summed E-state index contributed by atoms with van der Waals surface area (Å²) >= 11 is 0. The maximum atomic E-state index is 10.9. The fourth-order valence-electron chi connectivity index (χ4n) is 2.74. The Labute approximate surface area is 164 Å². The molecule has 122 valence electrons. The fourth-order valence-corrected chi connectivity index (χ4v) is 3.22. The third-order valence-electron chi connectivity index (χ3n) is 3.81. The molecule has 0 atom stereocenters. The van der Waals surface area contributed by atoms with Crippen molar-refractivity contribution in [2.45, 2.75) is 20.3 Å². The van der Waals surface area contributed by atoms with Gasteiger partial charge in [-0.05, 0) is 55.7 Å². The van der Waals surface area contributed by atoms with Gasteiger partial charge in [0.05, 0.1) is 21.5 Å². The first-order valence-corrected chi connectivity index (χ1v) is 9.01. The van der Waals surface area contributed by atoms with E-state index in [0.717, 1.165) is 34.0 Å². The molecule has 0 aromatic heterocycles. The molecule has 3 rings (SSSR count). The molecule has 0 bridgehead atoms. The zero-order chi connectivity index (χ0) is 16.6. The smallest absolute Gasteiger partial charge is 0.748 e. The summed E-state index contributed by atoms with van der Waals surface area (Å²) in [6.45, 7) is 4.42. The number of hydrogen-bond donors (Lipinski definition) is 0. The molecular formula is C17H18NNaO4S. The van der Waals surface area contributed by atoms with Gasteiger partial charge in [-0.25, -0.2) is 8.42 Å². The second-order valence-electron chi connectivity index (χ2n) is 5.81. The summed E-state index contributed by atoms with van der Waals surface area (Å²) in [5.41, 5.74) is 3.94. The molecule has 5 nitrogen and oxygen atoms in total. The van der Waals surface area contributed by atoms with Gasteiger partial charge < -0.3 is 14.2 Å². The predicted molar refractivity (Wildman–Crippen MR) is 88.6 cm³/mol. The van der Waals surface area contributed by atoms with E-state index < -0.39 is 10.1 Å². The van der Waals surface area contributed by atoms with Crippen molar-refractivity contribution < 1.29 is 47.3 Å². The summed E-state index contributed by atoms with van der Waals surface area (Å²) in [5.74, 6) is 1.12. The van der Waals surface area contributed by atoms with Crippen molar-refractivity contribution in [2.75, 3.05) is 17.2 Å². The number of rotatable bonds is 4. The largest absolute Gasteiger partial charge is 1.00 e. The van der Waals surface area contributed by atoms with Gasteiger partial charge in [0.2, 0.25) is 0 Å². The first kappa shape index (κ1) is 19.3. The number of aryl methyl sites for hydroxylation is 2. The van der Waals surface area contributed by atoms with Crippen LogP contribution in [0.3, 0.4) is 0 Å². The molecule has 0 saturated carbocycles. The van der Waals surface area contributed by atoms with E-state index in [-0.39, 0.29) is 41.7 Å². The van der Waals surface area contributed by atoms with Crippen LogP contribution in [0, 0.1) is 13.8 Å². The predicted octanol–water partition coefficient (Wildman–Crippen LogP) is 0.487. The average molecular weight is 355 g/mol.